The molecule has 0 saturated carbocycles. The molecule has 0 fully saturated rings. The fraction of sp³-hybridized carbons (Fsp3) is 0.316. The number of benzene rings is 2. The summed E-state index contributed by atoms with van der Waals surface area (Å²) in [4.78, 5) is 13.4. The number of likely N-dealkylation sites (N-methyl/N-ethyl adjacent to an activating group) is 1. The topological polar surface area (TPSA) is 42.8 Å². The number of halogens is 3. The molecule has 0 heterocycles. The van der Waals surface area contributed by atoms with E-state index in [2.05, 4.69) is 5.32 Å². The summed E-state index contributed by atoms with van der Waals surface area (Å²) in [5.41, 5.74) is 2.05. The van der Waals surface area contributed by atoms with Crippen LogP contribution in [-0.2, 0) is 11.3 Å². The highest BCUT2D eigenvalue weighted by molar-refractivity contribution is 6.40. The monoisotopic (exact) mass is 399 g/mol. The van der Waals surface area contributed by atoms with Crippen molar-refractivity contribution in [1.82, 2.24) is 0 Å². The SMILES string of the molecule is CC[NH+](CC(=O)Nc1c(Cl)ccc(C)c1Cl)Cc1ccc(OC)c(F)c1. The quantitative estimate of drug-likeness (QED) is 0.747. The zero-order valence-corrected chi connectivity index (χ0v) is 16.5. The summed E-state index contributed by atoms with van der Waals surface area (Å²) in [7, 11) is 1.42. The molecule has 26 heavy (non-hydrogen) atoms. The Kier molecular flexibility index (Phi) is 7.26. The van der Waals surface area contributed by atoms with Crippen molar-refractivity contribution in [2.24, 2.45) is 0 Å². The molecule has 1 amide bonds. The first-order valence-corrected chi connectivity index (χ1v) is 9.01. The van der Waals surface area contributed by atoms with Gasteiger partial charge < -0.3 is 15.0 Å². The van der Waals surface area contributed by atoms with Crippen LogP contribution in [0.25, 0.3) is 0 Å². The van der Waals surface area contributed by atoms with Gasteiger partial charge in [0.15, 0.2) is 18.1 Å². The second-order valence-electron chi connectivity index (χ2n) is 6.03. The van der Waals surface area contributed by atoms with Crippen LogP contribution in [0, 0.1) is 12.7 Å². The van der Waals surface area contributed by atoms with Crippen molar-refractivity contribution in [3.63, 3.8) is 0 Å². The van der Waals surface area contributed by atoms with Gasteiger partial charge in [-0.3, -0.25) is 4.79 Å². The minimum Gasteiger partial charge on any atom is -0.494 e. The molecule has 2 aromatic rings. The molecule has 4 nitrogen and oxygen atoms in total. The number of anilines is 1. The molecule has 140 valence electrons. The van der Waals surface area contributed by atoms with E-state index < -0.39 is 5.82 Å². The summed E-state index contributed by atoms with van der Waals surface area (Å²) in [6.07, 6.45) is 0. The van der Waals surface area contributed by atoms with E-state index in [1.807, 2.05) is 13.8 Å². The third kappa shape index (κ3) is 5.10. The Morgan fingerprint density at radius 3 is 2.62 bits per heavy atom. The van der Waals surface area contributed by atoms with Gasteiger partial charge in [-0.2, -0.15) is 0 Å². The Labute approximate surface area is 162 Å². The lowest BCUT2D eigenvalue weighted by Gasteiger charge is -2.18. The number of carbonyl (C=O) groups excluding carboxylic acids is 1. The number of ether oxygens (including phenoxy) is 1. The smallest absolute Gasteiger partial charge is 0.279 e. The molecule has 0 saturated heterocycles. The second-order valence-corrected chi connectivity index (χ2v) is 6.81. The summed E-state index contributed by atoms with van der Waals surface area (Å²) in [6, 6.07) is 8.31. The van der Waals surface area contributed by atoms with Crippen LogP contribution in [0.15, 0.2) is 30.3 Å². The van der Waals surface area contributed by atoms with Gasteiger partial charge in [-0.1, -0.05) is 29.3 Å². The van der Waals surface area contributed by atoms with Crippen molar-refractivity contribution >= 4 is 34.8 Å². The minimum atomic E-state index is -0.414. The number of methoxy groups -OCH3 is 1. The van der Waals surface area contributed by atoms with Crippen LogP contribution in [0.2, 0.25) is 10.0 Å². The van der Waals surface area contributed by atoms with Gasteiger partial charge in [-0.05, 0) is 43.7 Å². The van der Waals surface area contributed by atoms with Crippen molar-refractivity contribution in [2.45, 2.75) is 20.4 Å². The molecule has 0 aliphatic rings. The van der Waals surface area contributed by atoms with Gasteiger partial charge in [0, 0.05) is 5.56 Å². The number of rotatable bonds is 7. The average Bonchev–Trinajstić information content (AvgIpc) is 2.61. The highest BCUT2D eigenvalue weighted by atomic mass is 35.5. The molecule has 7 heteroatoms. The molecule has 0 radical (unpaired) electrons. The predicted octanol–water partition coefficient (Wildman–Crippen LogP) is 3.49. The van der Waals surface area contributed by atoms with Crippen molar-refractivity contribution in [3.8, 4) is 5.75 Å². The van der Waals surface area contributed by atoms with Crippen molar-refractivity contribution in [3.05, 3.63) is 57.3 Å². The first-order valence-electron chi connectivity index (χ1n) is 8.26. The van der Waals surface area contributed by atoms with E-state index in [1.54, 1.807) is 24.3 Å². The third-order valence-corrected chi connectivity index (χ3v) is 4.93. The molecule has 1 atom stereocenters. The summed E-state index contributed by atoms with van der Waals surface area (Å²) < 4.78 is 18.8. The summed E-state index contributed by atoms with van der Waals surface area (Å²) in [5, 5.41) is 3.61. The Morgan fingerprint density at radius 1 is 1.27 bits per heavy atom. The maximum atomic E-state index is 13.8. The molecule has 0 spiro atoms. The first kappa shape index (κ1) is 20.5. The standard InChI is InChI=1S/C19H21Cl2FN2O2/c1-4-24(10-13-6-8-16(26-3)15(22)9-13)11-17(25)23-19-14(20)7-5-12(2)18(19)21/h5-9H,4,10-11H2,1-3H3,(H,23,25)/p+1. The van der Waals surface area contributed by atoms with Gasteiger partial charge in [0.2, 0.25) is 0 Å². The van der Waals surface area contributed by atoms with Crippen LogP contribution < -0.4 is 15.0 Å². The van der Waals surface area contributed by atoms with E-state index in [-0.39, 0.29) is 18.2 Å². The Balaban J connectivity index is 2.05. The molecule has 2 rings (SSSR count). The van der Waals surface area contributed by atoms with Crippen molar-refractivity contribution in [1.29, 1.82) is 0 Å². The number of hydrogen-bond acceptors (Lipinski definition) is 2. The van der Waals surface area contributed by atoms with Crippen molar-refractivity contribution < 1.29 is 18.8 Å². The van der Waals surface area contributed by atoms with Gasteiger partial charge in [-0.15, -0.1) is 0 Å². The van der Waals surface area contributed by atoms with Gasteiger partial charge >= 0.3 is 0 Å². The predicted molar refractivity (Wildman–Crippen MR) is 103 cm³/mol. The fourth-order valence-corrected chi connectivity index (χ4v) is 3.07. The van der Waals surface area contributed by atoms with Crippen LogP contribution in [0.4, 0.5) is 10.1 Å². The average molecular weight is 400 g/mol. The van der Waals surface area contributed by atoms with Gasteiger partial charge in [0.25, 0.3) is 5.91 Å². The van der Waals surface area contributed by atoms with Crippen molar-refractivity contribution in [2.75, 3.05) is 25.5 Å². The van der Waals surface area contributed by atoms with E-state index in [0.29, 0.717) is 28.8 Å². The highest BCUT2D eigenvalue weighted by Gasteiger charge is 2.17. The molecule has 0 aliphatic heterocycles. The summed E-state index contributed by atoms with van der Waals surface area (Å²) in [5.74, 6) is -0.415. The molecular weight excluding hydrogens is 378 g/mol. The highest BCUT2D eigenvalue weighted by Crippen LogP contribution is 2.32. The molecular formula is C19H22Cl2FN2O2+. The largest absolute Gasteiger partial charge is 0.494 e. The molecule has 2 aromatic carbocycles. The van der Waals surface area contributed by atoms with E-state index in [4.69, 9.17) is 27.9 Å². The maximum absolute atomic E-state index is 13.8. The normalized spacial score (nSPS) is 11.9. The number of hydrogen-bond donors (Lipinski definition) is 2. The van der Waals surface area contributed by atoms with E-state index in [0.717, 1.165) is 16.0 Å². The summed E-state index contributed by atoms with van der Waals surface area (Å²) >= 11 is 12.4. The van der Waals surface area contributed by atoms with Crippen LogP contribution in [-0.4, -0.2) is 26.1 Å². The van der Waals surface area contributed by atoms with E-state index in [1.165, 1.54) is 13.2 Å². The Morgan fingerprint density at radius 2 is 2.00 bits per heavy atom. The lowest BCUT2D eigenvalue weighted by molar-refractivity contribution is -0.903. The van der Waals surface area contributed by atoms with Gasteiger partial charge in [0.05, 0.1) is 29.4 Å². The molecule has 0 aliphatic carbocycles. The second kappa shape index (κ2) is 9.21. The minimum absolute atomic E-state index is 0.202. The lowest BCUT2D eigenvalue weighted by Crippen LogP contribution is -3.11. The maximum Gasteiger partial charge on any atom is 0.279 e. The van der Waals surface area contributed by atoms with Crippen LogP contribution in [0.5, 0.6) is 5.75 Å². The van der Waals surface area contributed by atoms with Gasteiger partial charge in [-0.25, -0.2) is 4.39 Å². The first-order chi connectivity index (χ1) is 12.3. The lowest BCUT2D eigenvalue weighted by atomic mass is 10.2. The Hall–Kier alpha value is -1.82. The number of carbonyl (C=O) groups is 1. The van der Waals surface area contributed by atoms with Crippen LogP contribution in [0.3, 0.4) is 0 Å². The third-order valence-electron chi connectivity index (χ3n) is 4.13. The number of nitrogens with one attached hydrogen (secondary N) is 2. The van der Waals surface area contributed by atoms with Gasteiger partial charge in [0.1, 0.15) is 6.54 Å². The van der Waals surface area contributed by atoms with Crippen LogP contribution >= 0.6 is 23.2 Å². The molecule has 2 N–H and O–H groups in total. The number of amides is 1. The van der Waals surface area contributed by atoms with Crippen LogP contribution in [0.1, 0.15) is 18.1 Å². The number of aryl methyl sites for hydroxylation is 1. The molecule has 1 unspecified atom stereocenters. The summed E-state index contributed by atoms with van der Waals surface area (Å²) in [6.45, 7) is 5.24. The zero-order valence-electron chi connectivity index (χ0n) is 15.0. The molecule has 0 aromatic heterocycles. The van der Waals surface area contributed by atoms with E-state index >= 15 is 0 Å². The molecule has 0 bridgehead atoms. The number of quaternary nitrogens is 1. The van der Waals surface area contributed by atoms with E-state index in [9.17, 15) is 9.18 Å². The Bertz CT molecular complexity index is 799. The fourth-order valence-electron chi connectivity index (χ4n) is 2.60. The zero-order chi connectivity index (χ0) is 19.3.